The molecule has 0 aliphatic carbocycles. The molecular weight excluding hydrogens is 286 g/mol. The number of H-pyrrole nitrogens is 2. The molecule has 20 heavy (non-hydrogen) atoms. The maximum absolute atomic E-state index is 11.9. The molecule has 0 aliphatic rings. The Bertz CT molecular complexity index is 676. The maximum Gasteiger partial charge on any atom is 0.340 e. The Kier molecular flexibility index (Phi) is 4.15. The van der Waals surface area contributed by atoms with Gasteiger partial charge in [-0.2, -0.15) is 5.10 Å². The van der Waals surface area contributed by atoms with E-state index in [2.05, 4.69) is 24.9 Å². The molecule has 2 aromatic heterocycles. The summed E-state index contributed by atoms with van der Waals surface area (Å²) in [5.74, 6) is -0.591. The number of aromatic nitrogens is 4. The fraction of sp³-hybridized carbons (Fsp3) is 0.300. The molecule has 0 bridgehead atoms. The van der Waals surface area contributed by atoms with Crippen LogP contribution in [-0.2, 0) is 16.4 Å². The SMILES string of the molecule is O=C(O)c1cn[nH]c1S(=O)(=O)NCCCc1ncc[nH]1. The minimum atomic E-state index is -3.91. The summed E-state index contributed by atoms with van der Waals surface area (Å²) in [4.78, 5) is 17.8. The Morgan fingerprint density at radius 2 is 2.25 bits per heavy atom. The smallest absolute Gasteiger partial charge is 0.340 e. The average Bonchev–Trinajstić information content (AvgIpc) is 3.05. The lowest BCUT2D eigenvalue weighted by Gasteiger charge is -2.05. The van der Waals surface area contributed by atoms with E-state index in [0.717, 1.165) is 12.0 Å². The molecule has 0 saturated heterocycles. The number of aromatic amines is 2. The van der Waals surface area contributed by atoms with Crippen LogP contribution in [0.5, 0.6) is 0 Å². The van der Waals surface area contributed by atoms with Crippen molar-refractivity contribution in [3.8, 4) is 0 Å². The number of nitrogens with zero attached hydrogens (tertiary/aromatic N) is 2. The van der Waals surface area contributed by atoms with E-state index < -0.39 is 21.0 Å². The summed E-state index contributed by atoms with van der Waals surface area (Å²) >= 11 is 0. The molecule has 0 unspecified atom stereocenters. The van der Waals surface area contributed by atoms with Crippen LogP contribution in [0, 0.1) is 0 Å². The third-order valence-corrected chi connectivity index (χ3v) is 3.97. The van der Waals surface area contributed by atoms with Gasteiger partial charge < -0.3 is 10.1 Å². The fourth-order valence-electron chi connectivity index (χ4n) is 1.60. The van der Waals surface area contributed by atoms with Gasteiger partial charge in [-0.3, -0.25) is 5.10 Å². The predicted octanol–water partition coefficient (Wildman–Crippen LogP) is -0.258. The van der Waals surface area contributed by atoms with Crippen LogP contribution in [-0.4, -0.2) is 46.2 Å². The van der Waals surface area contributed by atoms with Gasteiger partial charge in [0.1, 0.15) is 11.4 Å². The number of hydrogen-bond donors (Lipinski definition) is 4. The molecule has 0 saturated carbocycles. The van der Waals surface area contributed by atoms with Crippen LogP contribution in [0.3, 0.4) is 0 Å². The van der Waals surface area contributed by atoms with Crippen LogP contribution in [0.25, 0.3) is 0 Å². The van der Waals surface area contributed by atoms with Crippen LogP contribution in [0.2, 0.25) is 0 Å². The highest BCUT2D eigenvalue weighted by Gasteiger charge is 2.24. The van der Waals surface area contributed by atoms with Gasteiger partial charge in [-0.15, -0.1) is 0 Å². The average molecular weight is 299 g/mol. The summed E-state index contributed by atoms with van der Waals surface area (Å²) in [6.45, 7) is 0.168. The number of hydrogen-bond acceptors (Lipinski definition) is 5. The number of imidazole rings is 1. The molecule has 0 fully saturated rings. The van der Waals surface area contributed by atoms with E-state index in [1.165, 1.54) is 0 Å². The van der Waals surface area contributed by atoms with Crippen molar-refractivity contribution in [1.82, 2.24) is 24.9 Å². The molecule has 108 valence electrons. The van der Waals surface area contributed by atoms with Gasteiger partial charge in [0.25, 0.3) is 10.0 Å². The Labute approximate surface area is 114 Å². The third-order valence-electron chi connectivity index (χ3n) is 2.54. The Morgan fingerprint density at radius 3 is 2.90 bits per heavy atom. The normalized spacial score (nSPS) is 11.6. The molecular formula is C10H13N5O4S. The van der Waals surface area contributed by atoms with Crippen molar-refractivity contribution in [2.45, 2.75) is 17.9 Å². The molecule has 2 heterocycles. The van der Waals surface area contributed by atoms with Gasteiger partial charge in [0.05, 0.1) is 6.20 Å². The van der Waals surface area contributed by atoms with Crippen LogP contribution in [0.4, 0.5) is 0 Å². The molecule has 2 aromatic rings. The number of nitrogens with one attached hydrogen (secondary N) is 3. The largest absolute Gasteiger partial charge is 0.478 e. The summed E-state index contributed by atoms with van der Waals surface area (Å²) in [6.07, 6.45) is 5.37. The van der Waals surface area contributed by atoms with E-state index in [-0.39, 0.29) is 12.1 Å². The summed E-state index contributed by atoms with van der Waals surface area (Å²) in [5.41, 5.74) is -0.386. The fourth-order valence-corrected chi connectivity index (χ4v) is 2.76. The highest BCUT2D eigenvalue weighted by molar-refractivity contribution is 7.89. The van der Waals surface area contributed by atoms with Gasteiger partial charge in [0.15, 0.2) is 5.03 Å². The second-order valence-corrected chi connectivity index (χ2v) is 5.66. The molecule has 0 radical (unpaired) electrons. The van der Waals surface area contributed by atoms with Gasteiger partial charge in [-0.1, -0.05) is 0 Å². The number of carboxylic acid groups (broad SMARTS) is 1. The first-order chi connectivity index (χ1) is 9.50. The highest BCUT2D eigenvalue weighted by atomic mass is 32.2. The standard InChI is InChI=1S/C10H13N5O4S/c16-10(17)7-6-13-15-9(7)20(18,19)14-3-1-2-8-11-4-5-12-8/h4-6,14H,1-3H2,(H,11,12)(H,13,15)(H,16,17). The number of carboxylic acids is 1. The Hall–Kier alpha value is -2.20. The molecule has 2 rings (SSSR count). The third kappa shape index (κ3) is 3.22. The first-order valence-electron chi connectivity index (χ1n) is 5.75. The number of aromatic carboxylic acids is 1. The first kappa shape index (κ1) is 14.2. The summed E-state index contributed by atoms with van der Waals surface area (Å²) in [7, 11) is -3.91. The van der Waals surface area contributed by atoms with E-state index >= 15 is 0 Å². The zero-order chi connectivity index (χ0) is 14.6. The van der Waals surface area contributed by atoms with Crippen molar-refractivity contribution in [2.75, 3.05) is 6.54 Å². The molecule has 10 heteroatoms. The first-order valence-corrected chi connectivity index (χ1v) is 7.23. The van der Waals surface area contributed by atoms with E-state index in [4.69, 9.17) is 5.11 Å². The highest BCUT2D eigenvalue weighted by Crippen LogP contribution is 2.11. The van der Waals surface area contributed by atoms with E-state index in [0.29, 0.717) is 12.8 Å². The molecule has 0 atom stereocenters. The monoisotopic (exact) mass is 299 g/mol. The Morgan fingerprint density at radius 1 is 1.45 bits per heavy atom. The topological polar surface area (TPSA) is 141 Å². The lowest BCUT2D eigenvalue weighted by atomic mass is 10.3. The summed E-state index contributed by atoms with van der Waals surface area (Å²) in [5, 5.41) is 14.0. The number of sulfonamides is 1. The quantitative estimate of drug-likeness (QED) is 0.519. The number of carbonyl (C=O) groups is 1. The van der Waals surface area contributed by atoms with E-state index in [9.17, 15) is 13.2 Å². The van der Waals surface area contributed by atoms with Gasteiger partial charge >= 0.3 is 5.97 Å². The van der Waals surface area contributed by atoms with Gasteiger partial charge in [0.2, 0.25) is 0 Å². The molecule has 0 spiro atoms. The zero-order valence-electron chi connectivity index (χ0n) is 10.3. The molecule has 4 N–H and O–H groups in total. The van der Waals surface area contributed by atoms with Crippen LogP contribution >= 0.6 is 0 Å². The van der Waals surface area contributed by atoms with Gasteiger partial charge in [-0.05, 0) is 6.42 Å². The number of rotatable bonds is 7. The van der Waals surface area contributed by atoms with Crippen molar-refractivity contribution in [2.24, 2.45) is 0 Å². The molecule has 0 amide bonds. The molecule has 0 aliphatic heterocycles. The Balaban J connectivity index is 1.94. The van der Waals surface area contributed by atoms with Crippen molar-refractivity contribution >= 4 is 16.0 Å². The van der Waals surface area contributed by atoms with Gasteiger partial charge in [-0.25, -0.2) is 22.9 Å². The van der Waals surface area contributed by atoms with Crippen molar-refractivity contribution in [3.63, 3.8) is 0 Å². The van der Waals surface area contributed by atoms with E-state index in [1.807, 2.05) is 0 Å². The number of aryl methyl sites for hydroxylation is 1. The van der Waals surface area contributed by atoms with Crippen molar-refractivity contribution in [3.05, 3.63) is 30.0 Å². The lowest BCUT2D eigenvalue weighted by molar-refractivity contribution is 0.0692. The predicted molar refractivity (Wildman–Crippen MR) is 67.6 cm³/mol. The van der Waals surface area contributed by atoms with Crippen LogP contribution < -0.4 is 4.72 Å². The van der Waals surface area contributed by atoms with Crippen molar-refractivity contribution in [1.29, 1.82) is 0 Å². The summed E-state index contributed by atoms with van der Waals surface area (Å²) in [6, 6.07) is 0. The van der Waals surface area contributed by atoms with Crippen molar-refractivity contribution < 1.29 is 18.3 Å². The lowest BCUT2D eigenvalue weighted by Crippen LogP contribution is -2.27. The minimum Gasteiger partial charge on any atom is -0.478 e. The molecule has 0 aromatic carbocycles. The minimum absolute atomic E-state index is 0.168. The second-order valence-electron chi connectivity index (χ2n) is 3.96. The van der Waals surface area contributed by atoms with Crippen LogP contribution in [0.15, 0.2) is 23.6 Å². The summed E-state index contributed by atoms with van der Waals surface area (Å²) < 4.78 is 26.1. The van der Waals surface area contributed by atoms with Crippen LogP contribution in [0.1, 0.15) is 22.6 Å². The van der Waals surface area contributed by atoms with Gasteiger partial charge in [0, 0.05) is 25.4 Å². The zero-order valence-corrected chi connectivity index (χ0v) is 11.1. The molecule has 9 nitrogen and oxygen atoms in total. The maximum atomic E-state index is 11.9. The van der Waals surface area contributed by atoms with E-state index in [1.54, 1.807) is 12.4 Å². The second kappa shape index (κ2) is 5.84.